The van der Waals surface area contributed by atoms with E-state index >= 15 is 0 Å². The first-order valence-electron chi connectivity index (χ1n) is 7.43. The summed E-state index contributed by atoms with van der Waals surface area (Å²) in [4.78, 5) is 19.5. The highest BCUT2D eigenvalue weighted by Gasteiger charge is 2.16. The van der Waals surface area contributed by atoms with Crippen LogP contribution in [-0.2, 0) is 35.3 Å². The highest BCUT2D eigenvalue weighted by molar-refractivity contribution is 5.72. The Hall–Kier alpha value is -2.44. The predicted octanol–water partition coefficient (Wildman–Crippen LogP) is 1.41. The van der Waals surface area contributed by atoms with Crippen molar-refractivity contribution >= 4 is 11.8 Å². The van der Waals surface area contributed by atoms with E-state index in [4.69, 9.17) is 0 Å². The number of fused-ring (bicyclic) bond motifs is 1. The number of hydrogen-bond acceptors (Lipinski definition) is 6. The molecule has 0 unspecified atom stereocenters. The number of aromatic nitrogens is 4. The van der Waals surface area contributed by atoms with Crippen LogP contribution in [0.1, 0.15) is 35.5 Å². The molecule has 22 heavy (non-hydrogen) atoms. The molecule has 1 aliphatic rings. The lowest BCUT2D eigenvalue weighted by Crippen LogP contribution is -2.09. The van der Waals surface area contributed by atoms with Crippen molar-refractivity contribution in [1.29, 1.82) is 0 Å². The second-order valence-corrected chi connectivity index (χ2v) is 5.34. The number of aryl methyl sites for hydroxylation is 1. The lowest BCUT2D eigenvalue weighted by Gasteiger charge is -2.11. The molecule has 0 bridgehead atoms. The first-order chi connectivity index (χ1) is 10.8. The minimum atomic E-state index is -0.314. The summed E-state index contributed by atoms with van der Waals surface area (Å²) in [5, 5.41) is 10.8. The minimum Gasteiger partial charge on any atom is -0.469 e. The molecular formula is C15H19N5O2. The Kier molecular flexibility index (Phi) is 4.32. The topological polar surface area (TPSA) is 92.8 Å². The Balaban J connectivity index is 1.65. The molecule has 2 N–H and O–H groups in total. The second-order valence-electron chi connectivity index (χ2n) is 5.34. The average molecular weight is 301 g/mol. The van der Waals surface area contributed by atoms with Crippen LogP contribution < -0.4 is 5.32 Å². The van der Waals surface area contributed by atoms with Crippen LogP contribution in [0.4, 0.5) is 5.82 Å². The van der Waals surface area contributed by atoms with Gasteiger partial charge in [-0.15, -0.1) is 0 Å². The van der Waals surface area contributed by atoms with Crippen molar-refractivity contribution in [3.8, 4) is 0 Å². The Morgan fingerprint density at radius 2 is 2.23 bits per heavy atom. The summed E-state index contributed by atoms with van der Waals surface area (Å²) in [5.74, 6) is 0.368. The summed E-state index contributed by atoms with van der Waals surface area (Å²) in [6, 6.07) is 1.76. The van der Waals surface area contributed by atoms with E-state index in [-0.39, 0.29) is 12.4 Å². The van der Waals surface area contributed by atoms with Gasteiger partial charge in [-0.05, 0) is 31.2 Å². The van der Waals surface area contributed by atoms with Crippen LogP contribution >= 0.6 is 0 Å². The predicted molar refractivity (Wildman–Crippen MR) is 80.3 cm³/mol. The van der Waals surface area contributed by atoms with Gasteiger partial charge < -0.3 is 10.1 Å². The Morgan fingerprint density at radius 3 is 3.09 bits per heavy atom. The van der Waals surface area contributed by atoms with Crippen molar-refractivity contribution in [2.45, 2.75) is 38.6 Å². The molecule has 0 atom stereocenters. The number of methoxy groups -OCH3 is 1. The number of carbonyl (C=O) groups excluding carboxylic acids is 1. The van der Waals surface area contributed by atoms with Crippen LogP contribution in [0, 0.1) is 0 Å². The van der Waals surface area contributed by atoms with E-state index in [2.05, 4.69) is 30.2 Å². The van der Waals surface area contributed by atoms with Crippen LogP contribution in [0.25, 0.3) is 0 Å². The van der Waals surface area contributed by atoms with Gasteiger partial charge in [-0.3, -0.25) is 9.89 Å². The van der Waals surface area contributed by atoms with Gasteiger partial charge in [0.15, 0.2) is 0 Å². The number of rotatable bonds is 5. The van der Waals surface area contributed by atoms with Crippen LogP contribution in [0.5, 0.6) is 0 Å². The molecule has 0 saturated carbocycles. The molecule has 0 aliphatic heterocycles. The number of ether oxygens (including phenoxy) is 1. The summed E-state index contributed by atoms with van der Waals surface area (Å²) in [6.07, 6.45) is 6.20. The number of nitrogens with zero attached hydrogens (tertiary/aromatic N) is 3. The molecule has 0 aromatic carbocycles. The third kappa shape index (κ3) is 3.24. The number of nitrogens with one attached hydrogen (secondary N) is 2. The zero-order chi connectivity index (χ0) is 15.4. The van der Waals surface area contributed by atoms with Gasteiger partial charge in [0.2, 0.25) is 0 Å². The molecule has 3 rings (SSSR count). The Morgan fingerprint density at radius 1 is 1.36 bits per heavy atom. The van der Waals surface area contributed by atoms with Crippen LogP contribution in [-0.4, -0.2) is 33.2 Å². The van der Waals surface area contributed by atoms with Gasteiger partial charge in [0.05, 0.1) is 31.5 Å². The number of aromatic amines is 1. The smallest absolute Gasteiger partial charge is 0.311 e. The Labute approximate surface area is 128 Å². The van der Waals surface area contributed by atoms with E-state index in [9.17, 15) is 4.79 Å². The van der Waals surface area contributed by atoms with E-state index in [1.807, 2.05) is 0 Å². The third-order valence-electron chi connectivity index (χ3n) is 3.86. The zero-order valence-electron chi connectivity index (χ0n) is 12.6. The quantitative estimate of drug-likeness (QED) is 0.811. The van der Waals surface area contributed by atoms with E-state index in [0.29, 0.717) is 18.1 Å². The second kappa shape index (κ2) is 6.55. The van der Waals surface area contributed by atoms with E-state index < -0.39 is 0 Å². The molecule has 0 saturated heterocycles. The van der Waals surface area contributed by atoms with Crippen molar-refractivity contribution in [2.24, 2.45) is 0 Å². The van der Waals surface area contributed by atoms with Gasteiger partial charge in [0.1, 0.15) is 12.1 Å². The van der Waals surface area contributed by atoms with Gasteiger partial charge in [0, 0.05) is 11.8 Å². The average Bonchev–Trinajstić information content (AvgIpc) is 2.96. The zero-order valence-corrected chi connectivity index (χ0v) is 12.6. The normalized spacial score (nSPS) is 13.5. The molecule has 0 amide bonds. The molecule has 2 heterocycles. The molecule has 7 nitrogen and oxygen atoms in total. The van der Waals surface area contributed by atoms with E-state index in [0.717, 1.165) is 18.5 Å². The third-order valence-corrected chi connectivity index (χ3v) is 3.86. The number of esters is 1. The maximum absolute atomic E-state index is 11.3. The van der Waals surface area contributed by atoms with Crippen molar-refractivity contribution < 1.29 is 9.53 Å². The number of hydrogen-bond donors (Lipinski definition) is 2. The fourth-order valence-corrected chi connectivity index (χ4v) is 2.68. The maximum atomic E-state index is 11.3. The molecule has 116 valence electrons. The fourth-order valence-electron chi connectivity index (χ4n) is 2.68. The highest BCUT2D eigenvalue weighted by atomic mass is 16.5. The molecule has 0 spiro atoms. The van der Waals surface area contributed by atoms with Crippen molar-refractivity contribution in [1.82, 2.24) is 20.2 Å². The molecule has 7 heteroatoms. The molecular weight excluding hydrogens is 282 g/mol. The summed E-state index contributed by atoms with van der Waals surface area (Å²) in [5.41, 5.74) is 4.27. The van der Waals surface area contributed by atoms with Crippen molar-refractivity contribution in [3.63, 3.8) is 0 Å². The minimum absolute atomic E-state index is 0.144. The number of H-pyrrole nitrogens is 1. The van der Waals surface area contributed by atoms with Gasteiger partial charge in [-0.25, -0.2) is 9.97 Å². The first-order valence-corrected chi connectivity index (χ1v) is 7.43. The lowest BCUT2D eigenvalue weighted by atomic mass is 9.96. The largest absolute Gasteiger partial charge is 0.469 e. The fraction of sp³-hybridized carbons (Fsp3) is 0.467. The summed E-state index contributed by atoms with van der Waals surface area (Å²) >= 11 is 0. The monoisotopic (exact) mass is 301 g/mol. The summed E-state index contributed by atoms with van der Waals surface area (Å²) in [6.45, 7) is 0.612. The van der Waals surface area contributed by atoms with Crippen LogP contribution in [0.15, 0.2) is 12.4 Å². The molecule has 1 aliphatic carbocycles. The number of anilines is 1. The van der Waals surface area contributed by atoms with Gasteiger partial charge in [0.25, 0.3) is 0 Å². The van der Waals surface area contributed by atoms with Crippen LogP contribution in [0.3, 0.4) is 0 Å². The van der Waals surface area contributed by atoms with Crippen LogP contribution in [0.2, 0.25) is 0 Å². The standard InChI is InChI=1S/C15H19N5O2/c1-22-15(21)7-10-6-14(18-9-17-10)16-8-13-11-4-2-3-5-12(11)19-20-13/h6,9H,2-5,7-8H2,1H3,(H,19,20)(H,16,17,18). The SMILES string of the molecule is COC(=O)Cc1cc(NCc2n[nH]c3c2CCCC3)ncn1. The van der Waals surface area contributed by atoms with E-state index in [1.165, 1.54) is 37.5 Å². The highest BCUT2D eigenvalue weighted by Crippen LogP contribution is 2.22. The first kappa shape index (κ1) is 14.5. The Bertz CT molecular complexity index is 668. The van der Waals surface area contributed by atoms with Gasteiger partial charge in [-0.2, -0.15) is 5.10 Å². The van der Waals surface area contributed by atoms with Gasteiger partial charge >= 0.3 is 5.97 Å². The summed E-state index contributed by atoms with van der Waals surface area (Å²) < 4.78 is 4.64. The molecule has 0 fully saturated rings. The van der Waals surface area contributed by atoms with Crippen molar-refractivity contribution in [3.05, 3.63) is 35.0 Å². The number of carbonyl (C=O) groups is 1. The molecule has 2 aromatic rings. The molecule has 2 aromatic heterocycles. The lowest BCUT2D eigenvalue weighted by molar-refractivity contribution is -0.139. The summed E-state index contributed by atoms with van der Waals surface area (Å²) in [7, 11) is 1.36. The van der Waals surface area contributed by atoms with E-state index in [1.54, 1.807) is 6.07 Å². The van der Waals surface area contributed by atoms with Gasteiger partial charge in [-0.1, -0.05) is 0 Å². The maximum Gasteiger partial charge on any atom is 0.311 e. The van der Waals surface area contributed by atoms with Crippen molar-refractivity contribution in [2.75, 3.05) is 12.4 Å². The molecule has 0 radical (unpaired) electrons.